The van der Waals surface area contributed by atoms with Gasteiger partial charge in [-0.2, -0.15) is 0 Å². The number of benzene rings is 2. The molecule has 0 aromatic heterocycles. The molecule has 0 bridgehead atoms. The molecule has 0 amide bonds. The van der Waals surface area contributed by atoms with Crippen LogP contribution in [0.4, 0.5) is 0 Å². The first-order chi connectivity index (χ1) is 11.4. The molecule has 1 fully saturated rings. The minimum Gasteiger partial charge on any atom is -0.458 e. The minimum atomic E-state index is -0.676. The van der Waals surface area contributed by atoms with Crippen LogP contribution in [0.3, 0.4) is 0 Å². The normalized spacial score (nSPS) is 21.1. The molecule has 1 aliphatic heterocycles. The Hall–Kier alpha value is -2.13. The summed E-state index contributed by atoms with van der Waals surface area (Å²) in [6, 6.07) is 20.3. The molecule has 3 heteroatoms. The van der Waals surface area contributed by atoms with Gasteiger partial charge in [0.2, 0.25) is 0 Å². The molecule has 3 rings (SSSR count). The topological polar surface area (TPSA) is 29.5 Å². The standard InChI is InChI=1S/C21H25NO2/c1-20(2,3)24-19(23)21(18-12-8-5-9-13-18)14-15-22(21)16-17-10-6-4-7-11-17/h4-13H,14-16H2,1-3H3. The van der Waals surface area contributed by atoms with E-state index >= 15 is 0 Å². The summed E-state index contributed by atoms with van der Waals surface area (Å²) < 4.78 is 5.79. The van der Waals surface area contributed by atoms with E-state index in [1.807, 2.05) is 69.3 Å². The number of hydrogen-bond donors (Lipinski definition) is 0. The number of likely N-dealkylation sites (tertiary alicyclic amines) is 1. The third-order valence-corrected chi connectivity index (χ3v) is 4.49. The van der Waals surface area contributed by atoms with Gasteiger partial charge in [-0.3, -0.25) is 4.90 Å². The minimum absolute atomic E-state index is 0.150. The summed E-state index contributed by atoms with van der Waals surface area (Å²) in [6.07, 6.45) is 0.790. The Morgan fingerprint density at radius 2 is 1.62 bits per heavy atom. The Labute approximate surface area is 144 Å². The van der Waals surface area contributed by atoms with Crippen molar-refractivity contribution in [1.29, 1.82) is 0 Å². The van der Waals surface area contributed by atoms with Crippen LogP contribution < -0.4 is 0 Å². The van der Waals surface area contributed by atoms with Gasteiger partial charge < -0.3 is 4.74 Å². The van der Waals surface area contributed by atoms with Gasteiger partial charge in [0.1, 0.15) is 11.1 Å². The van der Waals surface area contributed by atoms with E-state index in [4.69, 9.17) is 4.74 Å². The molecule has 126 valence electrons. The fourth-order valence-electron chi connectivity index (χ4n) is 3.26. The molecule has 0 aliphatic carbocycles. The van der Waals surface area contributed by atoms with Crippen LogP contribution in [0.1, 0.15) is 38.3 Å². The highest BCUT2D eigenvalue weighted by atomic mass is 16.6. The van der Waals surface area contributed by atoms with E-state index in [1.54, 1.807) is 0 Å². The van der Waals surface area contributed by atoms with Crippen LogP contribution in [0.5, 0.6) is 0 Å². The average Bonchev–Trinajstić information content (AvgIpc) is 2.52. The van der Waals surface area contributed by atoms with E-state index in [9.17, 15) is 4.79 Å². The number of nitrogens with zero attached hydrogens (tertiary/aromatic N) is 1. The van der Waals surface area contributed by atoms with Crippen molar-refractivity contribution >= 4 is 5.97 Å². The molecule has 2 aromatic rings. The zero-order chi connectivity index (χ0) is 17.2. The second-order valence-electron chi connectivity index (χ2n) is 7.39. The maximum atomic E-state index is 13.1. The molecular formula is C21H25NO2. The van der Waals surface area contributed by atoms with Gasteiger partial charge in [0.15, 0.2) is 0 Å². The summed E-state index contributed by atoms with van der Waals surface area (Å²) in [5, 5.41) is 0. The summed E-state index contributed by atoms with van der Waals surface area (Å²) >= 11 is 0. The zero-order valence-corrected chi connectivity index (χ0v) is 14.7. The fourth-order valence-corrected chi connectivity index (χ4v) is 3.26. The highest BCUT2D eigenvalue weighted by Crippen LogP contribution is 2.43. The van der Waals surface area contributed by atoms with Gasteiger partial charge in [0.25, 0.3) is 0 Å². The molecule has 1 saturated heterocycles. The Kier molecular flexibility index (Phi) is 4.46. The molecule has 1 atom stereocenters. The van der Waals surface area contributed by atoms with E-state index in [0.717, 1.165) is 25.1 Å². The van der Waals surface area contributed by atoms with Gasteiger partial charge in [-0.1, -0.05) is 60.7 Å². The van der Waals surface area contributed by atoms with Crippen molar-refractivity contribution in [2.45, 2.75) is 44.9 Å². The molecule has 3 nitrogen and oxygen atoms in total. The van der Waals surface area contributed by atoms with Crippen molar-refractivity contribution in [3.8, 4) is 0 Å². The lowest BCUT2D eigenvalue weighted by molar-refractivity contribution is -0.182. The number of esters is 1. The van der Waals surface area contributed by atoms with Gasteiger partial charge in [0, 0.05) is 13.1 Å². The second-order valence-corrected chi connectivity index (χ2v) is 7.39. The number of hydrogen-bond acceptors (Lipinski definition) is 3. The third kappa shape index (κ3) is 3.22. The Morgan fingerprint density at radius 1 is 1.04 bits per heavy atom. The fraction of sp³-hybridized carbons (Fsp3) is 0.381. The summed E-state index contributed by atoms with van der Waals surface area (Å²) in [7, 11) is 0. The van der Waals surface area contributed by atoms with Crippen molar-refractivity contribution in [2.75, 3.05) is 6.54 Å². The van der Waals surface area contributed by atoms with E-state index in [2.05, 4.69) is 17.0 Å². The molecule has 24 heavy (non-hydrogen) atoms. The number of carbonyl (C=O) groups is 1. The first-order valence-electron chi connectivity index (χ1n) is 8.50. The van der Waals surface area contributed by atoms with Crippen molar-refractivity contribution in [3.63, 3.8) is 0 Å². The first-order valence-corrected chi connectivity index (χ1v) is 8.50. The lowest BCUT2D eigenvalue weighted by Gasteiger charge is -2.51. The number of ether oxygens (including phenoxy) is 1. The van der Waals surface area contributed by atoms with Gasteiger partial charge in [-0.25, -0.2) is 4.79 Å². The van der Waals surface area contributed by atoms with Gasteiger partial charge in [-0.05, 0) is 38.3 Å². The second kappa shape index (κ2) is 6.40. The summed E-state index contributed by atoms with van der Waals surface area (Å²) in [4.78, 5) is 15.3. The van der Waals surface area contributed by atoms with Gasteiger partial charge >= 0.3 is 5.97 Å². The largest absolute Gasteiger partial charge is 0.458 e. The molecule has 1 unspecified atom stereocenters. The van der Waals surface area contributed by atoms with Crippen molar-refractivity contribution in [3.05, 3.63) is 71.8 Å². The first kappa shape index (κ1) is 16.7. The van der Waals surface area contributed by atoms with Crippen LogP contribution in [-0.2, 0) is 21.6 Å². The molecule has 0 saturated carbocycles. The summed E-state index contributed by atoms with van der Waals surface area (Å²) in [5.74, 6) is -0.150. The highest BCUT2D eigenvalue weighted by molar-refractivity contribution is 5.84. The van der Waals surface area contributed by atoms with E-state index in [0.29, 0.717) is 0 Å². The summed E-state index contributed by atoms with van der Waals surface area (Å²) in [5.41, 5.74) is 1.06. The Bertz CT molecular complexity index is 691. The smallest absolute Gasteiger partial charge is 0.331 e. The SMILES string of the molecule is CC(C)(C)OC(=O)C1(c2ccccc2)CCN1Cc1ccccc1. The van der Waals surface area contributed by atoms with Gasteiger partial charge in [-0.15, -0.1) is 0 Å². The molecule has 1 aliphatic rings. The predicted molar refractivity (Wildman–Crippen MR) is 95.4 cm³/mol. The predicted octanol–water partition coefficient (Wildman–Crippen LogP) is 4.13. The van der Waals surface area contributed by atoms with Crippen molar-refractivity contribution in [1.82, 2.24) is 4.90 Å². The van der Waals surface area contributed by atoms with E-state index < -0.39 is 11.1 Å². The van der Waals surface area contributed by atoms with E-state index in [-0.39, 0.29) is 5.97 Å². The van der Waals surface area contributed by atoms with Crippen LogP contribution >= 0.6 is 0 Å². The highest BCUT2D eigenvalue weighted by Gasteiger charge is 2.54. The van der Waals surface area contributed by atoms with Crippen LogP contribution in [0.15, 0.2) is 60.7 Å². The molecule has 0 N–H and O–H groups in total. The zero-order valence-electron chi connectivity index (χ0n) is 14.7. The maximum Gasteiger partial charge on any atom is 0.331 e. The molecule has 0 radical (unpaired) electrons. The monoisotopic (exact) mass is 323 g/mol. The lowest BCUT2D eigenvalue weighted by atomic mass is 9.77. The van der Waals surface area contributed by atoms with Gasteiger partial charge in [0.05, 0.1) is 0 Å². The van der Waals surface area contributed by atoms with Crippen LogP contribution in [0.25, 0.3) is 0 Å². The maximum absolute atomic E-state index is 13.1. The molecular weight excluding hydrogens is 298 g/mol. The number of carbonyl (C=O) groups excluding carboxylic acids is 1. The van der Waals surface area contributed by atoms with E-state index in [1.165, 1.54) is 5.56 Å². The third-order valence-electron chi connectivity index (χ3n) is 4.49. The lowest BCUT2D eigenvalue weighted by Crippen LogP contribution is -2.62. The quantitative estimate of drug-likeness (QED) is 0.792. The van der Waals surface area contributed by atoms with Crippen LogP contribution in [-0.4, -0.2) is 23.0 Å². The molecule has 0 spiro atoms. The molecule has 2 aromatic carbocycles. The van der Waals surface area contributed by atoms with Crippen LogP contribution in [0.2, 0.25) is 0 Å². The van der Waals surface area contributed by atoms with Crippen molar-refractivity contribution < 1.29 is 9.53 Å². The Morgan fingerprint density at radius 3 is 2.12 bits per heavy atom. The number of rotatable bonds is 4. The Balaban J connectivity index is 1.93. The molecule has 1 heterocycles. The van der Waals surface area contributed by atoms with Crippen molar-refractivity contribution in [2.24, 2.45) is 0 Å². The van der Waals surface area contributed by atoms with Crippen LogP contribution in [0, 0.1) is 0 Å². The average molecular weight is 323 g/mol. The summed E-state index contributed by atoms with van der Waals surface area (Å²) in [6.45, 7) is 7.40.